The van der Waals surface area contributed by atoms with Crippen LogP contribution in [0.3, 0.4) is 0 Å². The van der Waals surface area contributed by atoms with Gasteiger partial charge in [0, 0.05) is 39.2 Å². The number of hydrogen-bond donors (Lipinski definition) is 2. The Hall–Kier alpha value is -2.07. The van der Waals surface area contributed by atoms with Crippen molar-refractivity contribution >= 4 is 29.0 Å². The molecule has 0 bridgehead atoms. The molecule has 0 saturated carbocycles. The topological polar surface area (TPSA) is 64.9 Å². The Morgan fingerprint density at radius 2 is 1.84 bits per heavy atom. The third-order valence-corrected chi connectivity index (χ3v) is 5.44. The number of benzene rings is 2. The number of nitrogens with zero attached hydrogens (tertiary/aromatic N) is 1. The molecule has 0 aliphatic heterocycles. The van der Waals surface area contributed by atoms with Crippen LogP contribution in [0.15, 0.2) is 42.5 Å². The van der Waals surface area contributed by atoms with Crippen molar-refractivity contribution in [2.45, 2.75) is 19.4 Å². The van der Waals surface area contributed by atoms with Crippen LogP contribution in [0.4, 0.5) is 5.82 Å². The van der Waals surface area contributed by atoms with Gasteiger partial charge in [-0.15, -0.1) is 0 Å². The predicted molar refractivity (Wildman–Crippen MR) is 105 cm³/mol. The Kier molecular flexibility index (Phi) is 3.95. The molecule has 0 spiro atoms. The molecule has 1 atom stereocenters. The van der Waals surface area contributed by atoms with Crippen LogP contribution in [-0.4, -0.2) is 4.98 Å². The number of hydrogen-bond acceptors (Lipinski definition) is 3. The molecule has 1 unspecified atom stereocenters. The minimum Gasteiger partial charge on any atom is -0.383 e. The quantitative estimate of drug-likeness (QED) is 0.649. The lowest BCUT2D eigenvalue weighted by molar-refractivity contribution is 0.943. The van der Waals surface area contributed by atoms with E-state index in [0.29, 0.717) is 22.4 Å². The zero-order chi connectivity index (χ0) is 17.7. The minimum atomic E-state index is 0.186. The molecule has 126 valence electrons. The van der Waals surface area contributed by atoms with Crippen LogP contribution in [0.2, 0.25) is 10.0 Å². The van der Waals surface area contributed by atoms with E-state index in [1.54, 1.807) is 6.07 Å². The first-order chi connectivity index (χ1) is 12.0. The largest absolute Gasteiger partial charge is 0.383 e. The summed E-state index contributed by atoms with van der Waals surface area (Å²) in [5.41, 5.74) is 19.4. The maximum absolute atomic E-state index is 6.52. The molecule has 4 N–H and O–H groups in total. The number of nitrogen functional groups attached to an aromatic ring is 1. The van der Waals surface area contributed by atoms with E-state index >= 15 is 0 Å². The molecule has 3 aromatic rings. The van der Waals surface area contributed by atoms with E-state index in [1.807, 2.05) is 24.3 Å². The van der Waals surface area contributed by atoms with Gasteiger partial charge in [0.1, 0.15) is 5.82 Å². The Bertz CT molecular complexity index is 998. The monoisotopic (exact) mass is 369 g/mol. The highest BCUT2D eigenvalue weighted by molar-refractivity contribution is 6.36. The second-order valence-electron chi connectivity index (χ2n) is 6.25. The molecule has 1 aromatic heterocycles. The summed E-state index contributed by atoms with van der Waals surface area (Å²) in [6, 6.07) is 13.8. The first kappa shape index (κ1) is 16.4. The fourth-order valence-electron chi connectivity index (χ4n) is 3.74. The first-order valence-electron chi connectivity index (χ1n) is 8.10. The highest BCUT2D eigenvalue weighted by Crippen LogP contribution is 2.50. The molecule has 2 aromatic carbocycles. The molecule has 5 heteroatoms. The Labute approximate surface area is 156 Å². The van der Waals surface area contributed by atoms with Gasteiger partial charge in [0.15, 0.2) is 0 Å². The van der Waals surface area contributed by atoms with Crippen LogP contribution >= 0.6 is 23.2 Å². The van der Waals surface area contributed by atoms with Gasteiger partial charge in [0.25, 0.3) is 0 Å². The smallest absolute Gasteiger partial charge is 0.129 e. The van der Waals surface area contributed by atoms with E-state index in [2.05, 4.69) is 24.0 Å². The molecular formula is C20H17Cl2N3. The molecule has 1 heterocycles. The summed E-state index contributed by atoms with van der Waals surface area (Å²) < 4.78 is 0. The molecule has 1 aliphatic rings. The molecule has 3 nitrogen and oxygen atoms in total. The standard InChI is InChI=1S/C20H17Cl2N3/c1-10-12-4-2-3-5-13(12)19-17(10)18(15(9-23)20(24)25-19)14-7-6-11(21)8-16(14)22/h2-8,10H,9,23H2,1H3,(H2,24,25). The van der Waals surface area contributed by atoms with Crippen LogP contribution in [-0.2, 0) is 6.54 Å². The van der Waals surface area contributed by atoms with Crippen molar-refractivity contribution < 1.29 is 0 Å². The third-order valence-electron chi connectivity index (χ3n) is 4.89. The highest BCUT2D eigenvalue weighted by Gasteiger charge is 2.32. The van der Waals surface area contributed by atoms with Gasteiger partial charge in [0.05, 0.1) is 5.69 Å². The van der Waals surface area contributed by atoms with Crippen molar-refractivity contribution in [2.75, 3.05) is 5.73 Å². The first-order valence-corrected chi connectivity index (χ1v) is 8.85. The van der Waals surface area contributed by atoms with Crippen LogP contribution in [0, 0.1) is 0 Å². The van der Waals surface area contributed by atoms with E-state index < -0.39 is 0 Å². The second kappa shape index (κ2) is 6.03. The lowest BCUT2D eigenvalue weighted by Gasteiger charge is -2.19. The van der Waals surface area contributed by atoms with Crippen LogP contribution < -0.4 is 11.5 Å². The van der Waals surface area contributed by atoms with Crippen molar-refractivity contribution in [3.05, 3.63) is 69.2 Å². The molecular weight excluding hydrogens is 353 g/mol. The number of fused-ring (bicyclic) bond motifs is 3. The third kappa shape index (κ3) is 2.43. The van der Waals surface area contributed by atoms with Crippen LogP contribution in [0.1, 0.15) is 29.5 Å². The maximum atomic E-state index is 6.52. The zero-order valence-corrected chi connectivity index (χ0v) is 15.2. The zero-order valence-electron chi connectivity index (χ0n) is 13.7. The van der Waals surface area contributed by atoms with Gasteiger partial charge >= 0.3 is 0 Å². The van der Waals surface area contributed by atoms with E-state index in [4.69, 9.17) is 34.7 Å². The van der Waals surface area contributed by atoms with Crippen LogP contribution in [0.25, 0.3) is 22.4 Å². The minimum absolute atomic E-state index is 0.186. The fourth-order valence-corrected chi connectivity index (χ4v) is 4.24. The van der Waals surface area contributed by atoms with Crippen molar-refractivity contribution in [1.29, 1.82) is 0 Å². The maximum Gasteiger partial charge on any atom is 0.129 e. The normalized spacial score (nSPS) is 15.1. The summed E-state index contributed by atoms with van der Waals surface area (Å²) in [6.45, 7) is 2.47. The van der Waals surface area contributed by atoms with Gasteiger partial charge < -0.3 is 11.5 Å². The number of anilines is 1. The number of halogens is 2. The van der Waals surface area contributed by atoms with Gasteiger partial charge in [-0.1, -0.05) is 60.5 Å². The van der Waals surface area contributed by atoms with Gasteiger partial charge in [-0.2, -0.15) is 0 Å². The van der Waals surface area contributed by atoms with Crippen LogP contribution in [0.5, 0.6) is 0 Å². The number of pyridine rings is 1. The van der Waals surface area contributed by atoms with Gasteiger partial charge in [0.2, 0.25) is 0 Å². The van der Waals surface area contributed by atoms with Gasteiger partial charge in [-0.05, 0) is 28.8 Å². The molecule has 1 aliphatic carbocycles. The van der Waals surface area contributed by atoms with E-state index in [0.717, 1.165) is 33.5 Å². The fraction of sp³-hybridized carbons (Fsp3) is 0.150. The van der Waals surface area contributed by atoms with E-state index in [-0.39, 0.29) is 5.92 Å². The van der Waals surface area contributed by atoms with E-state index in [9.17, 15) is 0 Å². The summed E-state index contributed by atoms with van der Waals surface area (Å²) in [5.74, 6) is 0.637. The summed E-state index contributed by atoms with van der Waals surface area (Å²) in [5, 5.41) is 1.18. The number of rotatable bonds is 2. The summed E-state index contributed by atoms with van der Waals surface area (Å²) in [6.07, 6.45) is 0. The molecule has 0 amide bonds. The van der Waals surface area contributed by atoms with E-state index in [1.165, 1.54) is 5.56 Å². The Morgan fingerprint density at radius 1 is 1.08 bits per heavy atom. The Balaban J connectivity index is 2.10. The molecule has 0 radical (unpaired) electrons. The van der Waals surface area contributed by atoms with Crippen molar-refractivity contribution in [1.82, 2.24) is 4.98 Å². The molecule has 4 rings (SSSR count). The number of aromatic nitrogens is 1. The van der Waals surface area contributed by atoms with Gasteiger partial charge in [-0.3, -0.25) is 0 Å². The predicted octanol–water partition coefficient (Wildman–Crippen LogP) is 5.23. The van der Waals surface area contributed by atoms with Crippen molar-refractivity contribution in [3.63, 3.8) is 0 Å². The molecule has 0 fully saturated rings. The van der Waals surface area contributed by atoms with Crippen molar-refractivity contribution in [2.24, 2.45) is 5.73 Å². The van der Waals surface area contributed by atoms with Gasteiger partial charge in [-0.25, -0.2) is 4.98 Å². The molecule has 25 heavy (non-hydrogen) atoms. The lowest BCUT2D eigenvalue weighted by atomic mass is 9.89. The molecule has 0 saturated heterocycles. The Morgan fingerprint density at radius 3 is 2.56 bits per heavy atom. The summed E-state index contributed by atoms with van der Waals surface area (Å²) in [4.78, 5) is 4.68. The average molecular weight is 370 g/mol. The average Bonchev–Trinajstić information content (AvgIpc) is 2.87. The summed E-state index contributed by atoms with van der Waals surface area (Å²) in [7, 11) is 0. The second-order valence-corrected chi connectivity index (χ2v) is 7.09. The number of nitrogens with two attached hydrogens (primary N) is 2. The SMILES string of the molecule is CC1c2ccccc2-c2nc(N)c(CN)c(-c3ccc(Cl)cc3Cl)c21. The summed E-state index contributed by atoms with van der Waals surface area (Å²) >= 11 is 12.6. The lowest BCUT2D eigenvalue weighted by Crippen LogP contribution is -2.10. The van der Waals surface area contributed by atoms with Crippen molar-refractivity contribution in [3.8, 4) is 22.4 Å². The highest BCUT2D eigenvalue weighted by atomic mass is 35.5.